The second kappa shape index (κ2) is 7.97. The molecule has 7 heteroatoms. The molecular formula is C14H26N6O. The summed E-state index contributed by atoms with van der Waals surface area (Å²) in [6.45, 7) is 9.43. The molecule has 1 atom stereocenters. The van der Waals surface area contributed by atoms with Gasteiger partial charge in [0.05, 0.1) is 7.11 Å². The third-order valence-electron chi connectivity index (χ3n) is 3.51. The highest BCUT2D eigenvalue weighted by atomic mass is 16.5. The Balaban J connectivity index is 1.87. The molecule has 2 heterocycles. The molecule has 1 aliphatic heterocycles. The number of likely N-dealkylation sites (tertiary alicyclic amines) is 1. The zero-order valence-electron chi connectivity index (χ0n) is 13.2. The molecule has 2 rings (SSSR count). The van der Waals surface area contributed by atoms with E-state index in [1.807, 2.05) is 6.92 Å². The lowest BCUT2D eigenvalue weighted by Crippen LogP contribution is -2.29. The summed E-state index contributed by atoms with van der Waals surface area (Å²) >= 11 is 0. The van der Waals surface area contributed by atoms with Crippen LogP contribution in [0.4, 0.5) is 11.9 Å². The Kier molecular flexibility index (Phi) is 5.98. The number of nitrogens with zero attached hydrogens (tertiary/aromatic N) is 4. The Bertz CT molecular complexity index is 435. The maximum absolute atomic E-state index is 5.11. The third kappa shape index (κ3) is 5.00. The molecule has 1 unspecified atom stereocenters. The summed E-state index contributed by atoms with van der Waals surface area (Å²) in [6.07, 6.45) is 2.66. The van der Waals surface area contributed by atoms with Crippen molar-refractivity contribution in [1.82, 2.24) is 19.9 Å². The van der Waals surface area contributed by atoms with Gasteiger partial charge in [-0.05, 0) is 38.8 Å². The number of hydrogen-bond donors (Lipinski definition) is 2. The van der Waals surface area contributed by atoms with Crippen molar-refractivity contribution in [1.29, 1.82) is 0 Å². The minimum atomic E-state index is 0.329. The molecule has 118 valence electrons. The highest BCUT2D eigenvalue weighted by Crippen LogP contribution is 2.13. The van der Waals surface area contributed by atoms with Gasteiger partial charge in [0.15, 0.2) is 0 Å². The molecule has 1 saturated heterocycles. The maximum Gasteiger partial charge on any atom is 0.322 e. The van der Waals surface area contributed by atoms with Gasteiger partial charge in [-0.15, -0.1) is 0 Å². The van der Waals surface area contributed by atoms with Crippen molar-refractivity contribution < 1.29 is 4.74 Å². The lowest BCUT2D eigenvalue weighted by molar-refractivity contribution is 0.294. The van der Waals surface area contributed by atoms with E-state index in [9.17, 15) is 0 Å². The average molecular weight is 294 g/mol. The topological polar surface area (TPSA) is 75.2 Å². The van der Waals surface area contributed by atoms with Crippen LogP contribution in [0.3, 0.4) is 0 Å². The van der Waals surface area contributed by atoms with Gasteiger partial charge < -0.3 is 20.3 Å². The van der Waals surface area contributed by atoms with Crippen LogP contribution in [0.5, 0.6) is 6.01 Å². The lowest BCUT2D eigenvalue weighted by Gasteiger charge is -2.20. The van der Waals surface area contributed by atoms with E-state index in [-0.39, 0.29) is 0 Å². The van der Waals surface area contributed by atoms with Gasteiger partial charge in [0.25, 0.3) is 0 Å². The van der Waals surface area contributed by atoms with Crippen LogP contribution in [0.25, 0.3) is 0 Å². The first kappa shape index (κ1) is 15.8. The Morgan fingerprint density at radius 2 is 1.81 bits per heavy atom. The number of rotatable bonds is 8. The second-order valence-electron chi connectivity index (χ2n) is 5.49. The molecule has 1 fully saturated rings. The van der Waals surface area contributed by atoms with Crippen LogP contribution in [-0.2, 0) is 0 Å². The summed E-state index contributed by atoms with van der Waals surface area (Å²) in [5.41, 5.74) is 0. The quantitative estimate of drug-likeness (QED) is 0.751. The molecule has 0 saturated carbocycles. The van der Waals surface area contributed by atoms with Gasteiger partial charge >= 0.3 is 6.01 Å². The number of aromatic nitrogens is 3. The van der Waals surface area contributed by atoms with Crippen molar-refractivity contribution >= 4 is 11.9 Å². The van der Waals surface area contributed by atoms with Crippen molar-refractivity contribution in [3.8, 4) is 6.01 Å². The molecule has 1 aliphatic rings. The van der Waals surface area contributed by atoms with Gasteiger partial charge in [-0.1, -0.05) is 6.92 Å². The van der Waals surface area contributed by atoms with Crippen LogP contribution >= 0.6 is 0 Å². The average Bonchev–Trinajstić information content (AvgIpc) is 2.98. The van der Waals surface area contributed by atoms with E-state index < -0.39 is 0 Å². The van der Waals surface area contributed by atoms with Gasteiger partial charge in [0.2, 0.25) is 11.9 Å². The molecular weight excluding hydrogens is 268 g/mol. The van der Waals surface area contributed by atoms with E-state index in [4.69, 9.17) is 4.74 Å². The van der Waals surface area contributed by atoms with Crippen molar-refractivity contribution in [2.75, 3.05) is 50.5 Å². The van der Waals surface area contributed by atoms with E-state index in [1.54, 1.807) is 7.11 Å². The van der Waals surface area contributed by atoms with E-state index in [1.165, 1.54) is 25.9 Å². The molecule has 0 spiro atoms. The van der Waals surface area contributed by atoms with Crippen LogP contribution in [0.15, 0.2) is 0 Å². The first-order chi connectivity index (χ1) is 10.2. The summed E-state index contributed by atoms with van der Waals surface area (Å²) in [6, 6.07) is 0.329. The van der Waals surface area contributed by atoms with E-state index in [2.05, 4.69) is 37.4 Å². The van der Waals surface area contributed by atoms with Gasteiger partial charge in [0, 0.05) is 19.6 Å². The summed E-state index contributed by atoms with van der Waals surface area (Å²) in [5.74, 6) is 1.65. The third-order valence-corrected chi connectivity index (χ3v) is 3.51. The fourth-order valence-electron chi connectivity index (χ4n) is 2.50. The van der Waals surface area contributed by atoms with Crippen LogP contribution < -0.4 is 15.4 Å². The predicted molar refractivity (Wildman–Crippen MR) is 83.9 cm³/mol. The zero-order chi connectivity index (χ0) is 15.1. The summed E-state index contributed by atoms with van der Waals surface area (Å²) < 4.78 is 5.11. The van der Waals surface area contributed by atoms with Crippen molar-refractivity contribution in [2.45, 2.75) is 26.7 Å². The Hall–Kier alpha value is -1.63. The molecule has 0 bridgehead atoms. The molecule has 1 aromatic heterocycles. The van der Waals surface area contributed by atoms with Gasteiger partial charge in [0.1, 0.15) is 0 Å². The Morgan fingerprint density at radius 1 is 1.14 bits per heavy atom. The fraction of sp³-hybridized carbons (Fsp3) is 0.786. The first-order valence-electron chi connectivity index (χ1n) is 7.71. The summed E-state index contributed by atoms with van der Waals surface area (Å²) in [5, 5.41) is 6.36. The van der Waals surface area contributed by atoms with Crippen molar-refractivity contribution in [3.63, 3.8) is 0 Å². The molecule has 0 aliphatic carbocycles. The zero-order valence-corrected chi connectivity index (χ0v) is 13.2. The van der Waals surface area contributed by atoms with Crippen LogP contribution in [0.1, 0.15) is 26.7 Å². The van der Waals surface area contributed by atoms with E-state index in [0.29, 0.717) is 23.8 Å². The van der Waals surface area contributed by atoms with Crippen molar-refractivity contribution in [3.05, 3.63) is 0 Å². The lowest BCUT2D eigenvalue weighted by atomic mass is 10.1. The van der Waals surface area contributed by atoms with Crippen molar-refractivity contribution in [2.24, 2.45) is 5.92 Å². The highest BCUT2D eigenvalue weighted by molar-refractivity contribution is 5.35. The summed E-state index contributed by atoms with van der Waals surface area (Å²) in [7, 11) is 1.56. The molecule has 1 aromatic rings. The molecule has 21 heavy (non-hydrogen) atoms. The van der Waals surface area contributed by atoms with Crippen LogP contribution in [-0.4, -0.2) is 59.7 Å². The smallest absolute Gasteiger partial charge is 0.322 e. The summed E-state index contributed by atoms with van der Waals surface area (Å²) in [4.78, 5) is 15.2. The van der Waals surface area contributed by atoms with Gasteiger partial charge in [-0.25, -0.2) is 0 Å². The minimum absolute atomic E-state index is 0.329. The molecule has 2 N–H and O–H groups in total. The highest BCUT2D eigenvalue weighted by Gasteiger charge is 2.15. The molecule has 0 amide bonds. The number of hydrogen-bond acceptors (Lipinski definition) is 7. The van der Waals surface area contributed by atoms with Crippen LogP contribution in [0, 0.1) is 5.92 Å². The predicted octanol–water partition coefficient (Wildman–Crippen LogP) is 1.46. The second-order valence-corrected chi connectivity index (χ2v) is 5.49. The first-order valence-corrected chi connectivity index (χ1v) is 7.71. The molecule has 0 radical (unpaired) electrons. The minimum Gasteiger partial charge on any atom is -0.467 e. The maximum atomic E-state index is 5.11. The Morgan fingerprint density at radius 3 is 2.43 bits per heavy atom. The fourth-order valence-corrected chi connectivity index (χ4v) is 2.50. The SMILES string of the molecule is CCNc1nc(NCC(C)CN2CCCC2)nc(OC)n1. The van der Waals surface area contributed by atoms with Gasteiger partial charge in [-0.3, -0.25) is 0 Å². The van der Waals surface area contributed by atoms with E-state index in [0.717, 1.165) is 19.6 Å². The molecule has 7 nitrogen and oxygen atoms in total. The van der Waals surface area contributed by atoms with Gasteiger partial charge in [-0.2, -0.15) is 15.0 Å². The molecule has 0 aromatic carbocycles. The van der Waals surface area contributed by atoms with Crippen LogP contribution in [0.2, 0.25) is 0 Å². The Labute approximate surface area is 126 Å². The largest absolute Gasteiger partial charge is 0.467 e. The number of ether oxygens (including phenoxy) is 1. The number of nitrogens with one attached hydrogen (secondary N) is 2. The number of anilines is 2. The number of methoxy groups -OCH3 is 1. The van der Waals surface area contributed by atoms with E-state index >= 15 is 0 Å². The standard InChI is InChI=1S/C14H26N6O/c1-4-15-12-17-13(19-14(18-12)21-3)16-9-11(2)10-20-7-5-6-8-20/h11H,4-10H2,1-3H3,(H2,15,16,17,18,19). The monoisotopic (exact) mass is 294 g/mol. The normalized spacial score (nSPS) is 16.7.